The minimum atomic E-state index is -0.606. The van der Waals surface area contributed by atoms with Crippen molar-refractivity contribution < 1.29 is 14.6 Å². The summed E-state index contributed by atoms with van der Waals surface area (Å²) < 4.78 is 5.67. The number of anilines is 2. The first-order chi connectivity index (χ1) is 14.2. The Morgan fingerprint density at radius 3 is 2.52 bits per heavy atom. The third kappa shape index (κ3) is 3.87. The van der Waals surface area contributed by atoms with Gasteiger partial charge in [0.2, 0.25) is 11.7 Å². The summed E-state index contributed by atoms with van der Waals surface area (Å²) in [5.74, 6) is 1.14. The summed E-state index contributed by atoms with van der Waals surface area (Å²) in [5.41, 5.74) is 1.90. The lowest BCUT2D eigenvalue weighted by Gasteiger charge is -2.20. The minimum absolute atomic E-state index is 0.0916. The quantitative estimate of drug-likeness (QED) is 0.504. The number of Topliss-reactive ketones (excluding diaryl/α,β-unsaturated/α-hetero) is 1. The molecular weight excluding hydrogens is 370 g/mol. The number of rotatable bonds is 6. The van der Waals surface area contributed by atoms with E-state index in [0.717, 1.165) is 22.4 Å². The van der Waals surface area contributed by atoms with Crippen molar-refractivity contribution in [3.63, 3.8) is 0 Å². The summed E-state index contributed by atoms with van der Waals surface area (Å²) >= 11 is 0. The van der Waals surface area contributed by atoms with Crippen LogP contribution < -0.4 is 9.64 Å². The highest BCUT2D eigenvalue weighted by Crippen LogP contribution is 2.29. The number of aliphatic hydroxyl groups excluding tert-OH is 1. The van der Waals surface area contributed by atoms with Gasteiger partial charge in [-0.1, -0.05) is 12.1 Å². The largest absolute Gasteiger partial charge is 0.438 e. The minimum Gasteiger partial charge on any atom is -0.438 e. The molecule has 0 aliphatic rings. The first-order valence-corrected chi connectivity index (χ1v) is 8.83. The lowest BCUT2D eigenvalue weighted by Crippen LogP contribution is -2.11. The molecule has 8 nitrogen and oxygen atoms in total. The van der Waals surface area contributed by atoms with Crippen LogP contribution >= 0.6 is 0 Å². The van der Waals surface area contributed by atoms with Gasteiger partial charge in [-0.15, -0.1) is 0 Å². The van der Waals surface area contributed by atoms with Crippen LogP contribution in [-0.2, 0) is 0 Å². The Labute approximate surface area is 166 Å². The fourth-order valence-corrected chi connectivity index (χ4v) is 2.83. The summed E-state index contributed by atoms with van der Waals surface area (Å²) in [6.07, 6.45) is 4.17. The van der Waals surface area contributed by atoms with E-state index in [0.29, 0.717) is 5.75 Å². The Balaban J connectivity index is 1.52. The molecular formula is C21H17N5O3. The van der Waals surface area contributed by atoms with Gasteiger partial charge in [-0.2, -0.15) is 0 Å². The molecule has 29 heavy (non-hydrogen) atoms. The number of aromatic nitrogens is 4. The molecule has 2 heterocycles. The van der Waals surface area contributed by atoms with E-state index in [9.17, 15) is 4.79 Å². The molecule has 0 aliphatic heterocycles. The van der Waals surface area contributed by atoms with Crippen molar-refractivity contribution in [3.8, 4) is 11.6 Å². The predicted molar refractivity (Wildman–Crippen MR) is 108 cm³/mol. The molecule has 2 aromatic heterocycles. The Morgan fingerprint density at radius 2 is 1.79 bits per heavy atom. The Hall–Kier alpha value is -3.91. The SMILES string of the molecule is CN(c1ccc(Oc2cnc(C(=O)CO)cn2)cc1)c1ncnc2ccccc12. The van der Waals surface area contributed by atoms with Gasteiger partial charge in [-0.25, -0.2) is 19.9 Å². The summed E-state index contributed by atoms with van der Waals surface area (Å²) in [5, 5.41) is 9.81. The van der Waals surface area contributed by atoms with Crippen molar-refractivity contribution in [1.29, 1.82) is 0 Å². The number of hydrogen-bond donors (Lipinski definition) is 1. The van der Waals surface area contributed by atoms with E-state index >= 15 is 0 Å². The standard InChI is InChI=1S/C21H17N5O3/c1-26(21-16-4-2-3-5-17(16)24-13-25-21)14-6-8-15(9-7-14)29-20-11-22-18(10-23-20)19(28)12-27/h2-11,13,27H,12H2,1H3. The van der Waals surface area contributed by atoms with Crippen LogP contribution in [0.5, 0.6) is 11.6 Å². The maximum Gasteiger partial charge on any atom is 0.237 e. The van der Waals surface area contributed by atoms with Crippen LogP contribution in [0.2, 0.25) is 0 Å². The van der Waals surface area contributed by atoms with Crippen molar-refractivity contribution in [2.24, 2.45) is 0 Å². The molecule has 144 valence electrons. The highest BCUT2D eigenvalue weighted by Gasteiger charge is 2.11. The van der Waals surface area contributed by atoms with Gasteiger partial charge >= 0.3 is 0 Å². The Kier molecular flexibility index (Phi) is 5.08. The normalized spacial score (nSPS) is 10.7. The van der Waals surface area contributed by atoms with Crippen molar-refractivity contribution in [2.75, 3.05) is 18.6 Å². The van der Waals surface area contributed by atoms with E-state index < -0.39 is 12.4 Å². The van der Waals surface area contributed by atoms with Crippen molar-refractivity contribution in [2.45, 2.75) is 0 Å². The second kappa shape index (κ2) is 7.99. The molecule has 2 aromatic carbocycles. The van der Waals surface area contributed by atoms with Gasteiger partial charge in [0.25, 0.3) is 0 Å². The number of nitrogens with zero attached hydrogens (tertiary/aromatic N) is 5. The Morgan fingerprint density at radius 1 is 1.00 bits per heavy atom. The fourth-order valence-electron chi connectivity index (χ4n) is 2.83. The smallest absolute Gasteiger partial charge is 0.237 e. The second-order valence-electron chi connectivity index (χ2n) is 6.19. The predicted octanol–water partition coefficient (Wildman–Crippen LogP) is 3.16. The van der Waals surface area contributed by atoms with Gasteiger partial charge < -0.3 is 14.7 Å². The van der Waals surface area contributed by atoms with E-state index in [1.807, 2.05) is 60.5 Å². The maximum atomic E-state index is 11.4. The maximum absolute atomic E-state index is 11.4. The Bertz CT molecular complexity index is 1140. The summed E-state index contributed by atoms with van der Waals surface area (Å²) in [4.78, 5) is 30.0. The highest BCUT2D eigenvalue weighted by molar-refractivity contribution is 5.94. The monoisotopic (exact) mass is 387 g/mol. The average molecular weight is 387 g/mol. The third-order valence-electron chi connectivity index (χ3n) is 4.34. The van der Waals surface area contributed by atoms with E-state index in [1.54, 1.807) is 6.33 Å². The molecule has 0 bridgehead atoms. The van der Waals surface area contributed by atoms with Crippen LogP contribution in [0.25, 0.3) is 10.9 Å². The number of benzene rings is 2. The van der Waals surface area contributed by atoms with E-state index in [-0.39, 0.29) is 11.6 Å². The number of para-hydroxylation sites is 1. The van der Waals surface area contributed by atoms with E-state index in [4.69, 9.17) is 9.84 Å². The summed E-state index contributed by atoms with van der Waals surface area (Å²) in [6.45, 7) is -0.606. The molecule has 0 saturated heterocycles. The zero-order valence-corrected chi connectivity index (χ0v) is 15.6. The average Bonchev–Trinajstić information content (AvgIpc) is 2.78. The topological polar surface area (TPSA) is 101 Å². The molecule has 1 N–H and O–H groups in total. The first-order valence-electron chi connectivity index (χ1n) is 8.83. The molecule has 0 aliphatic carbocycles. The molecule has 0 spiro atoms. The van der Waals surface area contributed by atoms with Gasteiger partial charge in [-0.05, 0) is 36.4 Å². The molecule has 4 aromatic rings. The number of fused-ring (bicyclic) bond motifs is 1. The first kappa shape index (κ1) is 18.5. The number of aliphatic hydroxyl groups is 1. The molecule has 8 heteroatoms. The van der Waals surface area contributed by atoms with E-state index in [2.05, 4.69) is 19.9 Å². The number of hydrogen-bond acceptors (Lipinski definition) is 8. The van der Waals surface area contributed by atoms with Gasteiger partial charge in [-0.3, -0.25) is 4.79 Å². The van der Waals surface area contributed by atoms with Gasteiger partial charge in [0.1, 0.15) is 30.2 Å². The summed E-state index contributed by atoms with van der Waals surface area (Å²) in [6, 6.07) is 15.3. The number of carbonyl (C=O) groups excluding carboxylic acids is 1. The zero-order chi connectivity index (χ0) is 20.2. The number of ketones is 1. The van der Waals surface area contributed by atoms with Crippen molar-refractivity contribution in [1.82, 2.24) is 19.9 Å². The van der Waals surface area contributed by atoms with Crippen LogP contribution in [0.1, 0.15) is 10.5 Å². The third-order valence-corrected chi connectivity index (χ3v) is 4.34. The number of carbonyl (C=O) groups is 1. The van der Waals surface area contributed by atoms with Crippen LogP contribution in [0, 0.1) is 0 Å². The lowest BCUT2D eigenvalue weighted by molar-refractivity contribution is 0.0898. The van der Waals surface area contributed by atoms with Gasteiger partial charge in [0.15, 0.2) is 0 Å². The fraction of sp³-hybridized carbons (Fsp3) is 0.0952. The van der Waals surface area contributed by atoms with Crippen molar-refractivity contribution in [3.05, 3.63) is 72.9 Å². The van der Waals surface area contributed by atoms with Crippen LogP contribution in [0.4, 0.5) is 11.5 Å². The van der Waals surface area contributed by atoms with Crippen LogP contribution in [0.15, 0.2) is 67.3 Å². The van der Waals surface area contributed by atoms with Gasteiger partial charge in [0, 0.05) is 18.1 Å². The molecule has 0 unspecified atom stereocenters. The lowest BCUT2D eigenvalue weighted by atomic mass is 10.2. The molecule has 0 fully saturated rings. The van der Waals surface area contributed by atoms with E-state index in [1.165, 1.54) is 12.4 Å². The van der Waals surface area contributed by atoms with Crippen molar-refractivity contribution >= 4 is 28.2 Å². The molecule has 4 rings (SSSR count). The highest BCUT2D eigenvalue weighted by atomic mass is 16.5. The second-order valence-corrected chi connectivity index (χ2v) is 6.19. The van der Waals surface area contributed by atoms with Crippen LogP contribution in [-0.4, -0.2) is 44.5 Å². The zero-order valence-electron chi connectivity index (χ0n) is 15.6. The number of ether oxygens (including phenoxy) is 1. The van der Waals surface area contributed by atoms with Gasteiger partial charge in [0.05, 0.1) is 17.9 Å². The summed E-state index contributed by atoms with van der Waals surface area (Å²) in [7, 11) is 1.94. The molecule has 0 atom stereocenters. The molecule has 0 radical (unpaired) electrons. The molecule has 0 amide bonds. The van der Waals surface area contributed by atoms with Crippen LogP contribution in [0.3, 0.4) is 0 Å². The molecule has 0 saturated carbocycles.